The summed E-state index contributed by atoms with van der Waals surface area (Å²) in [6, 6.07) is 4.07. The van der Waals surface area contributed by atoms with Crippen molar-refractivity contribution in [2.75, 3.05) is 21.3 Å². The minimum Gasteiger partial charge on any atom is -0.493 e. The molecule has 3 rings (SSSR count). The van der Waals surface area contributed by atoms with Crippen molar-refractivity contribution in [3.63, 3.8) is 0 Å². The fourth-order valence-electron chi connectivity index (χ4n) is 4.03. The van der Waals surface area contributed by atoms with Gasteiger partial charge in [0, 0.05) is 10.4 Å². The highest BCUT2D eigenvalue weighted by molar-refractivity contribution is 9.09. The summed E-state index contributed by atoms with van der Waals surface area (Å²) in [6.07, 6.45) is 5.54. The number of rotatable bonds is 5. The molecular formula is C17H23BrO3. The van der Waals surface area contributed by atoms with Gasteiger partial charge < -0.3 is 14.2 Å². The standard InChI is InChI=1S/C17H23BrO3/c1-19-13-9-8-12(16(20-2)17(13)21-3)15(18)14-10-6-4-5-7-11(10)14/h8-11,14-15H,4-7H2,1-3H3. The zero-order chi connectivity index (χ0) is 15.0. The molecule has 3 atom stereocenters. The Bertz CT molecular complexity index is 505. The number of alkyl halides is 1. The molecule has 2 fully saturated rings. The molecule has 0 saturated heterocycles. The van der Waals surface area contributed by atoms with Crippen LogP contribution < -0.4 is 14.2 Å². The number of hydrogen-bond donors (Lipinski definition) is 0. The highest BCUT2D eigenvalue weighted by atomic mass is 79.9. The Morgan fingerprint density at radius 1 is 0.952 bits per heavy atom. The monoisotopic (exact) mass is 354 g/mol. The van der Waals surface area contributed by atoms with Gasteiger partial charge in [0.15, 0.2) is 11.5 Å². The van der Waals surface area contributed by atoms with Crippen molar-refractivity contribution in [3.8, 4) is 17.2 Å². The molecule has 116 valence electrons. The van der Waals surface area contributed by atoms with Gasteiger partial charge in [-0.05, 0) is 36.7 Å². The average Bonchev–Trinajstić information content (AvgIpc) is 3.26. The predicted octanol–water partition coefficient (Wildman–Crippen LogP) is 4.58. The summed E-state index contributed by atoms with van der Waals surface area (Å²) in [5.41, 5.74) is 1.18. The highest BCUT2D eigenvalue weighted by Gasteiger charge is 2.54. The van der Waals surface area contributed by atoms with E-state index in [1.807, 2.05) is 6.07 Å². The summed E-state index contributed by atoms with van der Waals surface area (Å²) >= 11 is 3.93. The van der Waals surface area contributed by atoms with Gasteiger partial charge in [0.25, 0.3) is 0 Å². The van der Waals surface area contributed by atoms with E-state index in [-0.39, 0.29) is 0 Å². The van der Waals surface area contributed by atoms with Gasteiger partial charge in [0.1, 0.15) is 0 Å². The lowest BCUT2D eigenvalue weighted by atomic mass is 10.0. The fraction of sp³-hybridized carbons (Fsp3) is 0.647. The third kappa shape index (κ3) is 2.52. The van der Waals surface area contributed by atoms with E-state index in [4.69, 9.17) is 14.2 Å². The van der Waals surface area contributed by atoms with Crippen LogP contribution in [0.2, 0.25) is 0 Å². The van der Waals surface area contributed by atoms with E-state index >= 15 is 0 Å². The van der Waals surface area contributed by atoms with Gasteiger partial charge in [-0.3, -0.25) is 0 Å². The first-order valence-electron chi connectivity index (χ1n) is 7.65. The lowest BCUT2D eigenvalue weighted by Crippen LogP contribution is -2.02. The van der Waals surface area contributed by atoms with Crippen molar-refractivity contribution in [2.45, 2.75) is 30.5 Å². The number of ether oxygens (including phenoxy) is 3. The van der Waals surface area contributed by atoms with Crippen LogP contribution in [0.25, 0.3) is 0 Å². The minimum absolute atomic E-state index is 0.334. The molecule has 1 aromatic rings. The van der Waals surface area contributed by atoms with Crippen molar-refractivity contribution in [3.05, 3.63) is 17.7 Å². The van der Waals surface area contributed by atoms with Gasteiger partial charge in [-0.25, -0.2) is 0 Å². The summed E-state index contributed by atoms with van der Waals surface area (Å²) in [7, 11) is 5.00. The lowest BCUT2D eigenvalue weighted by Gasteiger charge is -2.19. The second-order valence-corrected chi connectivity index (χ2v) is 7.00. The van der Waals surface area contributed by atoms with E-state index in [0.29, 0.717) is 16.3 Å². The Kier molecular flexibility index (Phi) is 4.34. The number of halogens is 1. The van der Waals surface area contributed by atoms with E-state index in [2.05, 4.69) is 22.0 Å². The number of fused-ring (bicyclic) bond motifs is 1. The number of benzene rings is 1. The van der Waals surface area contributed by atoms with Crippen LogP contribution in [-0.2, 0) is 0 Å². The van der Waals surface area contributed by atoms with Gasteiger partial charge >= 0.3 is 0 Å². The molecule has 0 radical (unpaired) electrons. The average molecular weight is 355 g/mol. The molecule has 2 aliphatic carbocycles. The molecular weight excluding hydrogens is 332 g/mol. The Morgan fingerprint density at radius 3 is 2.10 bits per heavy atom. The topological polar surface area (TPSA) is 27.7 Å². The van der Waals surface area contributed by atoms with E-state index in [1.54, 1.807) is 21.3 Å². The zero-order valence-electron chi connectivity index (χ0n) is 12.9. The second-order valence-electron chi connectivity index (χ2n) is 6.01. The van der Waals surface area contributed by atoms with Gasteiger partial charge in [-0.2, -0.15) is 0 Å². The third-order valence-corrected chi connectivity index (χ3v) is 6.20. The first-order valence-corrected chi connectivity index (χ1v) is 8.57. The normalized spacial score (nSPS) is 28.5. The molecule has 2 saturated carbocycles. The largest absolute Gasteiger partial charge is 0.493 e. The lowest BCUT2D eigenvalue weighted by molar-refractivity contribution is 0.321. The van der Waals surface area contributed by atoms with Gasteiger partial charge in [-0.1, -0.05) is 34.8 Å². The molecule has 0 N–H and O–H groups in total. The first kappa shape index (κ1) is 15.0. The van der Waals surface area contributed by atoms with E-state index in [0.717, 1.165) is 23.5 Å². The SMILES string of the molecule is COc1ccc(C(Br)C2C3CCCCC32)c(OC)c1OC. The number of methoxy groups -OCH3 is 3. The van der Waals surface area contributed by atoms with Crippen LogP contribution in [0, 0.1) is 17.8 Å². The molecule has 3 unspecified atom stereocenters. The maximum atomic E-state index is 5.63. The van der Waals surface area contributed by atoms with E-state index in [1.165, 1.54) is 31.2 Å². The Morgan fingerprint density at radius 2 is 1.57 bits per heavy atom. The maximum absolute atomic E-state index is 5.63. The van der Waals surface area contributed by atoms with Crippen molar-refractivity contribution in [1.29, 1.82) is 0 Å². The van der Waals surface area contributed by atoms with Crippen molar-refractivity contribution < 1.29 is 14.2 Å². The molecule has 21 heavy (non-hydrogen) atoms. The van der Waals surface area contributed by atoms with Crippen LogP contribution >= 0.6 is 15.9 Å². The number of hydrogen-bond acceptors (Lipinski definition) is 3. The van der Waals surface area contributed by atoms with Crippen LogP contribution in [0.4, 0.5) is 0 Å². The quantitative estimate of drug-likeness (QED) is 0.724. The Labute approximate surface area is 135 Å². The molecule has 0 heterocycles. The van der Waals surface area contributed by atoms with Crippen LogP contribution in [0.1, 0.15) is 36.1 Å². The Hall–Kier alpha value is -0.900. The van der Waals surface area contributed by atoms with Crippen LogP contribution in [0.15, 0.2) is 12.1 Å². The molecule has 0 aliphatic heterocycles. The molecule has 4 heteroatoms. The summed E-state index contributed by atoms with van der Waals surface area (Å²) in [5, 5.41) is 0. The highest BCUT2D eigenvalue weighted by Crippen LogP contribution is 2.64. The molecule has 1 aromatic carbocycles. The minimum atomic E-state index is 0.334. The maximum Gasteiger partial charge on any atom is 0.203 e. The van der Waals surface area contributed by atoms with E-state index < -0.39 is 0 Å². The van der Waals surface area contributed by atoms with Gasteiger partial charge in [-0.15, -0.1) is 0 Å². The van der Waals surface area contributed by atoms with E-state index in [9.17, 15) is 0 Å². The summed E-state index contributed by atoms with van der Waals surface area (Å²) in [4.78, 5) is 0.334. The summed E-state index contributed by atoms with van der Waals surface area (Å²) in [5.74, 6) is 4.71. The second kappa shape index (κ2) is 6.07. The molecule has 0 amide bonds. The van der Waals surface area contributed by atoms with Gasteiger partial charge in [0.05, 0.1) is 21.3 Å². The summed E-state index contributed by atoms with van der Waals surface area (Å²) < 4.78 is 16.5. The van der Waals surface area contributed by atoms with Gasteiger partial charge in [0.2, 0.25) is 5.75 Å². The molecule has 0 spiro atoms. The van der Waals surface area contributed by atoms with Crippen molar-refractivity contribution in [1.82, 2.24) is 0 Å². The van der Waals surface area contributed by atoms with Crippen LogP contribution in [-0.4, -0.2) is 21.3 Å². The van der Waals surface area contributed by atoms with Crippen molar-refractivity contribution in [2.24, 2.45) is 17.8 Å². The fourth-order valence-corrected chi connectivity index (χ4v) is 5.18. The molecule has 2 aliphatic rings. The first-order chi connectivity index (χ1) is 10.2. The van der Waals surface area contributed by atoms with Crippen LogP contribution in [0.3, 0.4) is 0 Å². The zero-order valence-corrected chi connectivity index (χ0v) is 14.5. The van der Waals surface area contributed by atoms with Crippen molar-refractivity contribution >= 4 is 15.9 Å². The third-order valence-electron chi connectivity index (χ3n) is 5.09. The Balaban J connectivity index is 1.91. The summed E-state index contributed by atoms with van der Waals surface area (Å²) in [6.45, 7) is 0. The molecule has 3 nitrogen and oxygen atoms in total. The van der Waals surface area contributed by atoms with Crippen LogP contribution in [0.5, 0.6) is 17.2 Å². The predicted molar refractivity (Wildman–Crippen MR) is 86.7 cm³/mol. The smallest absolute Gasteiger partial charge is 0.203 e. The molecule has 0 bridgehead atoms. The molecule has 0 aromatic heterocycles.